The highest BCUT2D eigenvalue weighted by Crippen LogP contribution is 2.22. The summed E-state index contributed by atoms with van der Waals surface area (Å²) >= 11 is 0. The van der Waals surface area contributed by atoms with Gasteiger partial charge in [-0.15, -0.1) is 0 Å². The maximum absolute atomic E-state index is 12.4. The van der Waals surface area contributed by atoms with Crippen LogP contribution in [0.15, 0.2) is 30.3 Å². The molecule has 1 unspecified atom stereocenters. The molecule has 1 aromatic rings. The number of nitrogens with one attached hydrogen (secondary N) is 1. The van der Waals surface area contributed by atoms with Crippen LogP contribution in [-0.4, -0.2) is 48.9 Å². The Morgan fingerprint density at radius 2 is 1.86 bits per heavy atom. The average Bonchev–Trinajstić information content (AvgIpc) is 2.72. The minimum absolute atomic E-state index is 0.0799. The highest BCUT2D eigenvalue weighted by Gasteiger charge is 2.40. The molecule has 21 heavy (non-hydrogen) atoms. The van der Waals surface area contributed by atoms with Crippen LogP contribution in [0, 0.1) is 0 Å². The number of para-hydroxylation sites is 1. The Labute approximate surface area is 125 Å². The number of benzene rings is 1. The van der Waals surface area contributed by atoms with Crippen LogP contribution in [0.3, 0.4) is 0 Å². The van der Waals surface area contributed by atoms with Gasteiger partial charge in [0.2, 0.25) is 5.91 Å². The topological polar surface area (TPSA) is 52.7 Å². The third kappa shape index (κ3) is 3.31. The van der Waals surface area contributed by atoms with Crippen molar-refractivity contribution in [3.05, 3.63) is 30.3 Å². The molecule has 1 saturated heterocycles. The number of carbonyl (C=O) groups excluding carboxylic acids is 2. The number of hydrogen-bond acceptors (Lipinski definition) is 4. The lowest BCUT2D eigenvalue weighted by Crippen LogP contribution is -2.50. The highest BCUT2D eigenvalue weighted by molar-refractivity contribution is 6.22. The first-order valence-corrected chi connectivity index (χ1v) is 7.15. The summed E-state index contributed by atoms with van der Waals surface area (Å²) in [6, 6.07) is 8.64. The van der Waals surface area contributed by atoms with Crippen LogP contribution in [0.5, 0.6) is 0 Å². The van der Waals surface area contributed by atoms with E-state index in [4.69, 9.17) is 0 Å². The molecule has 0 radical (unpaired) electrons. The van der Waals surface area contributed by atoms with Gasteiger partial charge in [0.15, 0.2) is 0 Å². The lowest BCUT2D eigenvalue weighted by atomic mass is 10.0. The number of imide groups is 1. The molecule has 1 atom stereocenters. The molecule has 0 bridgehead atoms. The van der Waals surface area contributed by atoms with Crippen molar-refractivity contribution in [1.29, 1.82) is 0 Å². The van der Waals surface area contributed by atoms with Crippen LogP contribution in [0.1, 0.15) is 20.3 Å². The molecular weight excluding hydrogens is 266 g/mol. The summed E-state index contributed by atoms with van der Waals surface area (Å²) in [5.41, 5.74) is 0.562. The molecule has 0 aromatic heterocycles. The molecule has 5 nitrogen and oxygen atoms in total. The van der Waals surface area contributed by atoms with Gasteiger partial charge in [-0.2, -0.15) is 0 Å². The molecule has 0 spiro atoms. The maximum Gasteiger partial charge on any atom is 0.251 e. The Morgan fingerprint density at radius 1 is 1.24 bits per heavy atom. The normalized spacial score (nSPS) is 19.7. The minimum Gasteiger partial charge on any atom is -0.304 e. The van der Waals surface area contributed by atoms with Crippen LogP contribution in [0.2, 0.25) is 0 Å². The van der Waals surface area contributed by atoms with Crippen molar-refractivity contribution in [1.82, 2.24) is 10.2 Å². The smallest absolute Gasteiger partial charge is 0.251 e. The zero-order valence-corrected chi connectivity index (χ0v) is 13.1. The highest BCUT2D eigenvalue weighted by atomic mass is 16.2. The Balaban J connectivity index is 2.06. The summed E-state index contributed by atoms with van der Waals surface area (Å²) in [5, 5.41) is 3.23. The van der Waals surface area contributed by atoms with Crippen LogP contribution in [0.25, 0.3) is 0 Å². The van der Waals surface area contributed by atoms with Crippen molar-refractivity contribution < 1.29 is 9.59 Å². The first-order chi connectivity index (χ1) is 9.83. The first-order valence-electron chi connectivity index (χ1n) is 7.15. The molecule has 2 amide bonds. The molecule has 1 heterocycles. The van der Waals surface area contributed by atoms with Crippen molar-refractivity contribution in [3.8, 4) is 0 Å². The number of amides is 2. The van der Waals surface area contributed by atoms with Crippen molar-refractivity contribution in [2.75, 3.05) is 25.5 Å². The molecule has 1 aromatic carbocycles. The van der Waals surface area contributed by atoms with Crippen LogP contribution in [-0.2, 0) is 9.59 Å². The Bertz CT molecular complexity index is 526. The lowest BCUT2D eigenvalue weighted by Gasteiger charge is -2.33. The summed E-state index contributed by atoms with van der Waals surface area (Å²) in [7, 11) is 4.00. The number of rotatable bonds is 5. The molecule has 0 aliphatic carbocycles. The molecule has 0 saturated carbocycles. The zero-order chi connectivity index (χ0) is 15.6. The van der Waals surface area contributed by atoms with Gasteiger partial charge in [-0.3, -0.25) is 9.59 Å². The number of carbonyl (C=O) groups is 2. The second kappa shape index (κ2) is 5.95. The molecule has 114 valence electrons. The summed E-state index contributed by atoms with van der Waals surface area (Å²) in [6.45, 7) is 4.83. The second-order valence-electron chi connectivity index (χ2n) is 6.25. The quantitative estimate of drug-likeness (QED) is 0.829. The Morgan fingerprint density at radius 3 is 2.43 bits per heavy atom. The first kappa shape index (κ1) is 15.7. The monoisotopic (exact) mass is 289 g/mol. The number of likely N-dealkylation sites (N-methyl/N-ethyl adjacent to an activating group) is 1. The number of nitrogens with zero attached hydrogens (tertiary/aromatic N) is 2. The number of hydrogen-bond donors (Lipinski definition) is 1. The van der Waals surface area contributed by atoms with Crippen molar-refractivity contribution in [3.63, 3.8) is 0 Å². The maximum atomic E-state index is 12.4. The summed E-state index contributed by atoms with van der Waals surface area (Å²) in [4.78, 5) is 27.9. The summed E-state index contributed by atoms with van der Waals surface area (Å²) < 4.78 is 0. The number of anilines is 1. The van der Waals surface area contributed by atoms with E-state index < -0.39 is 6.04 Å². The molecule has 1 aliphatic rings. The van der Waals surface area contributed by atoms with E-state index in [2.05, 4.69) is 24.1 Å². The van der Waals surface area contributed by atoms with Gasteiger partial charge < -0.3 is 10.2 Å². The summed E-state index contributed by atoms with van der Waals surface area (Å²) in [6.07, 6.45) is 0.219. The van der Waals surface area contributed by atoms with E-state index in [0.29, 0.717) is 12.2 Å². The van der Waals surface area contributed by atoms with E-state index in [1.54, 1.807) is 12.1 Å². The third-order valence-corrected chi connectivity index (χ3v) is 4.15. The van der Waals surface area contributed by atoms with E-state index in [1.165, 1.54) is 4.90 Å². The van der Waals surface area contributed by atoms with Crippen LogP contribution >= 0.6 is 0 Å². The fraction of sp³-hybridized carbons (Fsp3) is 0.500. The van der Waals surface area contributed by atoms with Gasteiger partial charge in [0, 0.05) is 12.1 Å². The van der Waals surface area contributed by atoms with Crippen LogP contribution in [0.4, 0.5) is 5.69 Å². The molecule has 1 N–H and O–H groups in total. The fourth-order valence-electron chi connectivity index (χ4n) is 2.17. The van der Waals surface area contributed by atoms with E-state index in [-0.39, 0.29) is 23.8 Å². The van der Waals surface area contributed by atoms with E-state index >= 15 is 0 Å². The van der Waals surface area contributed by atoms with E-state index in [0.717, 1.165) is 0 Å². The third-order valence-electron chi connectivity index (χ3n) is 4.15. The van der Waals surface area contributed by atoms with E-state index in [9.17, 15) is 9.59 Å². The van der Waals surface area contributed by atoms with Crippen LogP contribution < -0.4 is 10.2 Å². The SMILES string of the molecule is CN(C)C(C)(C)CNC1CC(=O)N(c2ccccc2)C1=O. The molecular formula is C16H23N3O2. The average molecular weight is 289 g/mol. The van der Waals surface area contributed by atoms with Gasteiger partial charge >= 0.3 is 0 Å². The van der Waals surface area contributed by atoms with Crippen molar-refractivity contribution in [2.24, 2.45) is 0 Å². The van der Waals surface area contributed by atoms with Crippen molar-refractivity contribution in [2.45, 2.75) is 31.8 Å². The van der Waals surface area contributed by atoms with Crippen molar-refractivity contribution >= 4 is 17.5 Å². The molecule has 1 fully saturated rings. The standard InChI is InChI=1S/C16H23N3O2/c1-16(2,18(3)4)11-17-13-10-14(20)19(15(13)21)12-8-6-5-7-9-12/h5-9,13,17H,10-11H2,1-4H3. The molecule has 5 heteroatoms. The molecule has 1 aliphatic heterocycles. The van der Waals surface area contributed by atoms with Gasteiger partial charge in [-0.05, 0) is 40.1 Å². The van der Waals surface area contributed by atoms with Gasteiger partial charge in [0.05, 0.1) is 18.2 Å². The largest absolute Gasteiger partial charge is 0.304 e. The van der Waals surface area contributed by atoms with E-state index in [1.807, 2.05) is 32.3 Å². The minimum atomic E-state index is -0.433. The van der Waals surface area contributed by atoms with Gasteiger partial charge in [-0.1, -0.05) is 18.2 Å². The second-order valence-corrected chi connectivity index (χ2v) is 6.25. The fourth-order valence-corrected chi connectivity index (χ4v) is 2.17. The zero-order valence-electron chi connectivity index (χ0n) is 13.1. The predicted octanol–water partition coefficient (Wildman–Crippen LogP) is 1.25. The summed E-state index contributed by atoms with van der Waals surface area (Å²) in [5.74, 6) is -0.313. The van der Waals surface area contributed by atoms with Gasteiger partial charge in [-0.25, -0.2) is 4.90 Å². The Hall–Kier alpha value is -1.72. The van der Waals surface area contributed by atoms with Gasteiger partial charge in [0.25, 0.3) is 5.91 Å². The molecule has 2 rings (SSSR count). The predicted molar refractivity (Wildman–Crippen MR) is 83.1 cm³/mol. The lowest BCUT2D eigenvalue weighted by molar-refractivity contribution is -0.121. The van der Waals surface area contributed by atoms with Gasteiger partial charge in [0.1, 0.15) is 0 Å². The Kier molecular flexibility index (Phi) is 4.44.